The summed E-state index contributed by atoms with van der Waals surface area (Å²) in [5.41, 5.74) is 1.14. The van der Waals surface area contributed by atoms with Crippen molar-refractivity contribution >= 4 is 17.7 Å². The van der Waals surface area contributed by atoms with E-state index >= 15 is 0 Å². The third-order valence-electron chi connectivity index (χ3n) is 5.70. The first-order valence-electron chi connectivity index (χ1n) is 11.1. The number of hydrogen-bond acceptors (Lipinski definition) is 6. The molecule has 2 fully saturated rings. The molecule has 2 N–H and O–H groups in total. The summed E-state index contributed by atoms with van der Waals surface area (Å²) in [5, 5.41) is 5.65. The molecule has 3 aromatic rings. The Hall–Kier alpha value is -3.88. The van der Waals surface area contributed by atoms with Gasteiger partial charge in [-0.2, -0.15) is 0 Å². The topological polar surface area (TPSA) is 95.1 Å². The number of nitrogens with one attached hydrogen (secondary N) is 2. The lowest BCUT2D eigenvalue weighted by Crippen LogP contribution is -2.44. The van der Waals surface area contributed by atoms with E-state index in [4.69, 9.17) is 18.9 Å². The zero-order valence-electron chi connectivity index (χ0n) is 18.3. The van der Waals surface area contributed by atoms with E-state index < -0.39 is 18.3 Å². The molecule has 0 spiro atoms. The van der Waals surface area contributed by atoms with Gasteiger partial charge in [0.2, 0.25) is 0 Å². The SMILES string of the molecule is O=C(Nc1ccc(Oc2ccccc2)cc1)O[C@@H]1CO[C@H]2[C@H]1OC[C@H]2NC(=O)c1ccccc1. The summed E-state index contributed by atoms with van der Waals surface area (Å²) in [6, 6.07) is 25.1. The molecule has 8 heteroatoms. The second-order valence-electron chi connectivity index (χ2n) is 8.05. The number of benzene rings is 3. The third kappa shape index (κ3) is 5.03. The number of fused-ring (bicyclic) bond motifs is 1. The molecule has 2 aliphatic heterocycles. The van der Waals surface area contributed by atoms with E-state index in [1.165, 1.54) is 0 Å². The molecule has 0 saturated carbocycles. The monoisotopic (exact) mass is 460 g/mol. The summed E-state index contributed by atoms with van der Waals surface area (Å²) in [5.74, 6) is 1.19. The highest BCUT2D eigenvalue weighted by Crippen LogP contribution is 2.29. The van der Waals surface area contributed by atoms with Gasteiger partial charge in [0, 0.05) is 11.3 Å². The van der Waals surface area contributed by atoms with Crippen LogP contribution in [0.1, 0.15) is 10.4 Å². The van der Waals surface area contributed by atoms with Crippen molar-refractivity contribution in [2.24, 2.45) is 0 Å². The molecule has 2 heterocycles. The van der Waals surface area contributed by atoms with Crippen LogP contribution in [0.3, 0.4) is 0 Å². The van der Waals surface area contributed by atoms with Crippen molar-refractivity contribution in [3.8, 4) is 11.5 Å². The number of carbonyl (C=O) groups is 2. The van der Waals surface area contributed by atoms with Crippen molar-refractivity contribution in [2.75, 3.05) is 18.5 Å². The first-order chi connectivity index (χ1) is 16.7. The van der Waals surface area contributed by atoms with Gasteiger partial charge >= 0.3 is 6.09 Å². The molecule has 3 aromatic carbocycles. The minimum Gasteiger partial charge on any atom is -0.457 e. The van der Waals surface area contributed by atoms with E-state index in [9.17, 15) is 9.59 Å². The van der Waals surface area contributed by atoms with Crippen molar-refractivity contribution in [3.63, 3.8) is 0 Å². The molecular formula is C26H24N2O6. The summed E-state index contributed by atoms with van der Waals surface area (Å²) in [7, 11) is 0. The Labute approximate surface area is 196 Å². The molecule has 34 heavy (non-hydrogen) atoms. The van der Waals surface area contributed by atoms with Crippen LogP contribution < -0.4 is 15.4 Å². The number of carbonyl (C=O) groups excluding carboxylic acids is 2. The van der Waals surface area contributed by atoms with E-state index in [0.717, 1.165) is 5.75 Å². The highest BCUT2D eigenvalue weighted by molar-refractivity contribution is 5.94. The standard InChI is InChI=1S/C26H24N2O6/c29-25(17-7-3-1-4-8-17)28-21-15-31-24-22(16-32-23(21)24)34-26(30)27-18-11-13-20(14-12-18)33-19-9-5-2-6-10-19/h1-14,21-24H,15-16H2,(H,27,30)(H,28,29)/t21-,22-,23-,24+/m1/s1. The Bertz CT molecular complexity index is 1120. The van der Waals surface area contributed by atoms with E-state index in [2.05, 4.69) is 10.6 Å². The van der Waals surface area contributed by atoms with E-state index in [-0.39, 0.29) is 31.3 Å². The van der Waals surface area contributed by atoms with Gasteiger partial charge in [-0.05, 0) is 48.5 Å². The normalized spacial score (nSPS) is 23.1. The number of para-hydroxylation sites is 1. The van der Waals surface area contributed by atoms with Gasteiger partial charge in [0.05, 0.1) is 19.3 Å². The van der Waals surface area contributed by atoms with Crippen molar-refractivity contribution < 1.29 is 28.5 Å². The largest absolute Gasteiger partial charge is 0.457 e. The molecule has 0 aliphatic carbocycles. The van der Waals surface area contributed by atoms with E-state index in [0.29, 0.717) is 17.0 Å². The Kier molecular flexibility index (Phi) is 6.42. The number of anilines is 1. The summed E-state index contributed by atoms with van der Waals surface area (Å²) in [6.45, 7) is 0.489. The quantitative estimate of drug-likeness (QED) is 0.578. The maximum Gasteiger partial charge on any atom is 0.412 e. The fourth-order valence-electron chi connectivity index (χ4n) is 4.05. The van der Waals surface area contributed by atoms with Crippen LogP contribution in [0.15, 0.2) is 84.9 Å². The van der Waals surface area contributed by atoms with Gasteiger partial charge in [-0.1, -0.05) is 36.4 Å². The Morgan fingerprint density at radius 1 is 0.765 bits per heavy atom. The van der Waals surface area contributed by atoms with Crippen LogP contribution >= 0.6 is 0 Å². The molecule has 174 valence electrons. The molecule has 4 atom stereocenters. The molecule has 0 unspecified atom stereocenters. The number of amides is 2. The van der Waals surface area contributed by atoms with E-state index in [1.807, 2.05) is 36.4 Å². The molecule has 5 rings (SSSR count). The summed E-state index contributed by atoms with van der Waals surface area (Å²) < 4.78 is 22.9. The van der Waals surface area contributed by atoms with Crippen molar-refractivity contribution in [1.29, 1.82) is 0 Å². The summed E-state index contributed by atoms with van der Waals surface area (Å²) in [6.07, 6.45) is -1.98. The van der Waals surface area contributed by atoms with Gasteiger partial charge in [0.1, 0.15) is 23.7 Å². The first-order valence-corrected chi connectivity index (χ1v) is 11.1. The Morgan fingerprint density at radius 2 is 1.41 bits per heavy atom. The van der Waals surface area contributed by atoms with Crippen LogP contribution in [-0.2, 0) is 14.2 Å². The zero-order chi connectivity index (χ0) is 23.3. The second kappa shape index (κ2) is 9.94. The lowest BCUT2D eigenvalue weighted by Gasteiger charge is -2.18. The average Bonchev–Trinajstić information content (AvgIpc) is 3.45. The van der Waals surface area contributed by atoms with Crippen LogP contribution in [-0.4, -0.2) is 49.6 Å². The van der Waals surface area contributed by atoms with Crippen molar-refractivity contribution in [3.05, 3.63) is 90.5 Å². The van der Waals surface area contributed by atoms with Crippen LogP contribution in [0.5, 0.6) is 11.5 Å². The van der Waals surface area contributed by atoms with Crippen molar-refractivity contribution in [1.82, 2.24) is 5.32 Å². The number of rotatable bonds is 6. The molecular weight excluding hydrogens is 436 g/mol. The summed E-state index contributed by atoms with van der Waals surface area (Å²) in [4.78, 5) is 24.9. The Morgan fingerprint density at radius 3 is 2.15 bits per heavy atom. The highest BCUT2D eigenvalue weighted by atomic mass is 16.6. The van der Waals surface area contributed by atoms with Crippen LogP contribution in [0.4, 0.5) is 10.5 Å². The average molecular weight is 460 g/mol. The second-order valence-corrected chi connectivity index (χ2v) is 8.05. The molecule has 2 saturated heterocycles. The molecule has 2 amide bonds. The smallest absolute Gasteiger partial charge is 0.412 e. The van der Waals surface area contributed by atoms with Gasteiger partial charge in [0.15, 0.2) is 6.10 Å². The van der Waals surface area contributed by atoms with Gasteiger partial charge in [-0.15, -0.1) is 0 Å². The highest BCUT2D eigenvalue weighted by Gasteiger charge is 2.50. The predicted octanol–water partition coefficient (Wildman–Crippen LogP) is 3.99. The minimum atomic E-state index is -0.605. The molecule has 0 bridgehead atoms. The molecule has 8 nitrogen and oxygen atoms in total. The van der Waals surface area contributed by atoms with Crippen LogP contribution in [0, 0.1) is 0 Å². The molecule has 0 aromatic heterocycles. The van der Waals surface area contributed by atoms with Crippen LogP contribution in [0.2, 0.25) is 0 Å². The fraction of sp³-hybridized carbons (Fsp3) is 0.231. The van der Waals surface area contributed by atoms with Gasteiger partial charge in [-0.25, -0.2) is 4.79 Å². The first kappa shape index (κ1) is 21.9. The zero-order valence-corrected chi connectivity index (χ0v) is 18.3. The Balaban J connectivity index is 1.12. The third-order valence-corrected chi connectivity index (χ3v) is 5.70. The maximum absolute atomic E-state index is 12.5. The van der Waals surface area contributed by atoms with E-state index in [1.54, 1.807) is 48.5 Å². The van der Waals surface area contributed by atoms with Crippen LogP contribution in [0.25, 0.3) is 0 Å². The number of ether oxygens (including phenoxy) is 4. The van der Waals surface area contributed by atoms with Gasteiger partial charge in [0.25, 0.3) is 5.91 Å². The molecule has 0 radical (unpaired) electrons. The summed E-state index contributed by atoms with van der Waals surface area (Å²) >= 11 is 0. The minimum absolute atomic E-state index is 0.194. The van der Waals surface area contributed by atoms with Gasteiger partial charge in [-0.3, -0.25) is 10.1 Å². The van der Waals surface area contributed by atoms with Gasteiger partial charge < -0.3 is 24.3 Å². The number of hydrogen-bond donors (Lipinski definition) is 2. The fourth-order valence-corrected chi connectivity index (χ4v) is 4.05. The van der Waals surface area contributed by atoms with Crippen molar-refractivity contribution in [2.45, 2.75) is 24.4 Å². The molecule has 2 aliphatic rings. The predicted molar refractivity (Wildman–Crippen MR) is 124 cm³/mol. The maximum atomic E-state index is 12.5. The lowest BCUT2D eigenvalue weighted by atomic mass is 10.1. The lowest BCUT2D eigenvalue weighted by molar-refractivity contribution is 0.00862.